The highest BCUT2D eigenvalue weighted by Gasteiger charge is 2.22. The first kappa shape index (κ1) is 20.0. The highest BCUT2D eigenvalue weighted by Crippen LogP contribution is 2.23. The van der Waals surface area contributed by atoms with Gasteiger partial charge in [0, 0.05) is 12.1 Å². The van der Waals surface area contributed by atoms with E-state index in [2.05, 4.69) is 5.32 Å². The van der Waals surface area contributed by atoms with Crippen molar-refractivity contribution in [2.45, 2.75) is 12.5 Å². The molecule has 2 rings (SSSR count). The van der Waals surface area contributed by atoms with E-state index in [1.807, 2.05) is 30.3 Å². The van der Waals surface area contributed by atoms with Crippen LogP contribution in [0.2, 0.25) is 0 Å². The van der Waals surface area contributed by atoms with Crippen LogP contribution in [-0.2, 0) is 16.0 Å². The second kappa shape index (κ2) is 9.99. The van der Waals surface area contributed by atoms with Crippen LogP contribution in [0.5, 0.6) is 0 Å². The monoisotopic (exact) mass is 362 g/mol. The van der Waals surface area contributed by atoms with E-state index in [1.54, 1.807) is 19.0 Å². The zero-order valence-electron chi connectivity index (χ0n) is 15.0. The Morgan fingerprint density at radius 1 is 1.08 bits per heavy atom. The van der Waals surface area contributed by atoms with Crippen LogP contribution < -0.4 is 5.32 Å². The number of amides is 1. The van der Waals surface area contributed by atoms with E-state index >= 15 is 0 Å². The summed E-state index contributed by atoms with van der Waals surface area (Å²) in [4.78, 5) is 13.6. The van der Waals surface area contributed by atoms with E-state index in [4.69, 9.17) is 4.74 Å². The lowest BCUT2D eigenvalue weighted by Gasteiger charge is -2.25. The summed E-state index contributed by atoms with van der Waals surface area (Å²) in [7, 11) is 3.41. The number of rotatable bonds is 9. The Hall–Kier alpha value is -2.31. The highest BCUT2D eigenvalue weighted by molar-refractivity contribution is 5.77. The molecule has 1 N–H and O–H groups in total. The molecule has 0 fully saturated rings. The van der Waals surface area contributed by atoms with E-state index in [0.29, 0.717) is 6.61 Å². The summed E-state index contributed by atoms with van der Waals surface area (Å²) in [5, 5.41) is 2.68. The summed E-state index contributed by atoms with van der Waals surface area (Å²) >= 11 is 0. The molecule has 6 heteroatoms. The Balaban J connectivity index is 1.80. The lowest BCUT2D eigenvalue weighted by Crippen LogP contribution is -2.37. The molecule has 1 unspecified atom stereocenters. The number of benzene rings is 2. The largest absolute Gasteiger partial charge is 0.371 e. The van der Waals surface area contributed by atoms with Crippen LogP contribution in [0.25, 0.3) is 0 Å². The molecule has 0 spiro atoms. The summed E-state index contributed by atoms with van der Waals surface area (Å²) in [5.41, 5.74) is 1.08. The molecule has 0 saturated carbocycles. The molecule has 1 atom stereocenters. The number of likely N-dealkylation sites (N-methyl/N-ethyl adjacent to an activating group) is 1. The maximum atomic E-state index is 14.0. The summed E-state index contributed by atoms with van der Waals surface area (Å²) in [5.74, 6) is -1.57. The Kier molecular flexibility index (Phi) is 7.69. The molecule has 0 aromatic heterocycles. The minimum Gasteiger partial charge on any atom is -0.371 e. The molecule has 2 aromatic rings. The van der Waals surface area contributed by atoms with E-state index in [1.165, 1.54) is 18.2 Å². The van der Waals surface area contributed by atoms with Crippen LogP contribution in [0.3, 0.4) is 0 Å². The Morgan fingerprint density at radius 2 is 1.73 bits per heavy atom. The second-order valence-electron chi connectivity index (χ2n) is 6.21. The summed E-state index contributed by atoms with van der Waals surface area (Å²) < 4.78 is 33.4. The number of hydrogen-bond acceptors (Lipinski definition) is 3. The van der Waals surface area contributed by atoms with Crippen LogP contribution in [0.15, 0.2) is 48.5 Å². The Morgan fingerprint density at radius 3 is 2.35 bits per heavy atom. The predicted octanol–water partition coefficient (Wildman–Crippen LogP) is 2.94. The first-order chi connectivity index (χ1) is 12.5. The minimum absolute atomic E-state index is 0.0530. The van der Waals surface area contributed by atoms with Crippen molar-refractivity contribution in [2.75, 3.05) is 33.9 Å². The standard InChI is InChI=1S/C20H24F2N2O2/c1-24(2)18(20-16(21)9-6-10-17(20)22)13-23-19(25)14-26-12-11-15-7-4-3-5-8-15/h3-10,18H,11-14H2,1-2H3,(H,23,25). The lowest BCUT2D eigenvalue weighted by molar-refractivity contribution is -0.125. The fourth-order valence-corrected chi connectivity index (χ4v) is 2.63. The van der Waals surface area contributed by atoms with Crippen molar-refractivity contribution in [3.63, 3.8) is 0 Å². The van der Waals surface area contributed by atoms with Gasteiger partial charge in [0.15, 0.2) is 0 Å². The van der Waals surface area contributed by atoms with Gasteiger partial charge in [-0.15, -0.1) is 0 Å². The average molecular weight is 362 g/mol. The number of nitrogens with one attached hydrogen (secondary N) is 1. The van der Waals surface area contributed by atoms with Crippen molar-refractivity contribution in [1.82, 2.24) is 10.2 Å². The smallest absolute Gasteiger partial charge is 0.246 e. The maximum Gasteiger partial charge on any atom is 0.246 e. The lowest BCUT2D eigenvalue weighted by atomic mass is 10.0. The molecule has 0 aliphatic carbocycles. The molecule has 0 saturated heterocycles. The highest BCUT2D eigenvalue weighted by atomic mass is 19.1. The summed E-state index contributed by atoms with van der Waals surface area (Å²) in [6, 6.07) is 13.0. The second-order valence-corrected chi connectivity index (χ2v) is 6.21. The minimum atomic E-state index is -0.628. The van der Waals surface area contributed by atoms with E-state index in [9.17, 15) is 13.6 Å². The van der Waals surface area contributed by atoms with Crippen molar-refractivity contribution in [3.05, 3.63) is 71.3 Å². The van der Waals surface area contributed by atoms with Gasteiger partial charge < -0.3 is 15.0 Å². The first-order valence-corrected chi connectivity index (χ1v) is 8.47. The number of carbonyl (C=O) groups excluding carboxylic acids is 1. The normalized spacial score (nSPS) is 12.2. The van der Waals surface area contributed by atoms with E-state index < -0.39 is 17.7 Å². The third kappa shape index (κ3) is 5.89. The third-order valence-corrected chi connectivity index (χ3v) is 4.06. The summed E-state index contributed by atoms with van der Waals surface area (Å²) in [6.07, 6.45) is 0.717. The number of nitrogens with zero attached hydrogens (tertiary/aromatic N) is 1. The molecule has 2 aromatic carbocycles. The van der Waals surface area contributed by atoms with Crippen LogP contribution in [0.4, 0.5) is 8.78 Å². The molecular formula is C20H24F2N2O2. The molecular weight excluding hydrogens is 338 g/mol. The van der Waals surface area contributed by atoms with Crippen molar-refractivity contribution in [3.8, 4) is 0 Å². The van der Waals surface area contributed by atoms with E-state index in [-0.39, 0.29) is 24.6 Å². The van der Waals surface area contributed by atoms with Crippen LogP contribution >= 0.6 is 0 Å². The van der Waals surface area contributed by atoms with Crippen molar-refractivity contribution in [1.29, 1.82) is 0 Å². The number of halogens is 2. The fraction of sp³-hybridized carbons (Fsp3) is 0.350. The van der Waals surface area contributed by atoms with Crippen molar-refractivity contribution >= 4 is 5.91 Å². The van der Waals surface area contributed by atoms with Crippen molar-refractivity contribution < 1.29 is 18.3 Å². The van der Waals surface area contributed by atoms with Crippen LogP contribution in [0, 0.1) is 11.6 Å². The zero-order chi connectivity index (χ0) is 18.9. The van der Waals surface area contributed by atoms with Gasteiger partial charge in [0.2, 0.25) is 5.91 Å². The molecule has 140 valence electrons. The average Bonchev–Trinajstić information content (AvgIpc) is 2.61. The van der Waals surface area contributed by atoms with E-state index in [0.717, 1.165) is 12.0 Å². The fourth-order valence-electron chi connectivity index (χ4n) is 2.63. The van der Waals surface area contributed by atoms with Gasteiger partial charge in [0.25, 0.3) is 0 Å². The first-order valence-electron chi connectivity index (χ1n) is 8.47. The third-order valence-electron chi connectivity index (χ3n) is 4.06. The molecule has 0 radical (unpaired) electrons. The maximum absolute atomic E-state index is 14.0. The van der Waals surface area contributed by atoms with Gasteiger partial charge in [-0.25, -0.2) is 8.78 Å². The zero-order valence-corrected chi connectivity index (χ0v) is 15.0. The Bertz CT molecular complexity index is 688. The molecule has 0 aliphatic rings. The number of carbonyl (C=O) groups is 1. The van der Waals surface area contributed by atoms with Gasteiger partial charge in [-0.1, -0.05) is 36.4 Å². The van der Waals surface area contributed by atoms with Crippen LogP contribution in [-0.4, -0.2) is 44.7 Å². The molecule has 26 heavy (non-hydrogen) atoms. The quantitative estimate of drug-likeness (QED) is 0.698. The molecule has 4 nitrogen and oxygen atoms in total. The number of hydrogen-bond donors (Lipinski definition) is 1. The molecule has 0 aliphatic heterocycles. The molecule has 0 bridgehead atoms. The number of ether oxygens (including phenoxy) is 1. The van der Waals surface area contributed by atoms with Gasteiger partial charge in [-0.2, -0.15) is 0 Å². The molecule has 1 amide bonds. The van der Waals surface area contributed by atoms with Crippen LogP contribution in [0.1, 0.15) is 17.2 Å². The van der Waals surface area contributed by atoms with Gasteiger partial charge in [0.05, 0.1) is 12.6 Å². The van der Waals surface area contributed by atoms with Gasteiger partial charge >= 0.3 is 0 Å². The van der Waals surface area contributed by atoms with Crippen molar-refractivity contribution in [2.24, 2.45) is 0 Å². The Labute approximate surface area is 152 Å². The summed E-state index contributed by atoms with van der Waals surface area (Å²) in [6.45, 7) is 0.426. The van der Waals surface area contributed by atoms with Gasteiger partial charge in [-0.05, 0) is 38.2 Å². The molecule has 0 heterocycles. The van der Waals surface area contributed by atoms with Gasteiger partial charge in [0.1, 0.15) is 18.2 Å². The predicted molar refractivity (Wildman–Crippen MR) is 96.8 cm³/mol. The van der Waals surface area contributed by atoms with Gasteiger partial charge in [-0.3, -0.25) is 4.79 Å². The topological polar surface area (TPSA) is 41.6 Å². The SMILES string of the molecule is CN(C)C(CNC(=O)COCCc1ccccc1)c1c(F)cccc1F.